The van der Waals surface area contributed by atoms with Crippen LogP contribution in [-0.4, -0.2) is 22.0 Å². The van der Waals surface area contributed by atoms with Crippen molar-refractivity contribution in [1.29, 1.82) is 0 Å². The van der Waals surface area contributed by atoms with E-state index in [9.17, 15) is 14.4 Å². The molecule has 2 aromatic carbocycles. The number of carbonyl (C=O) groups is 3. The molecule has 6 nitrogen and oxygen atoms in total. The van der Waals surface area contributed by atoms with E-state index < -0.39 is 11.7 Å². The number of aryl methyl sites for hydroxylation is 1. The van der Waals surface area contributed by atoms with Gasteiger partial charge in [-0.15, -0.1) is 0 Å². The minimum absolute atomic E-state index is 0.220. The number of ketones is 1. The number of benzene rings is 2. The largest absolute Gasteiger partial charge is 0.326 e. The molecule has 2 heterocycles. The van der Waals surface area contributed by atoms with Crippen LogP contribution < -0.4 is 10.6 Å². The Hall–Kier alpha value is -4.19. The molecule has 6 heteroatoms. The molecule has 0 saturated heterocycles. The molecule has 0 radical (unpaired) electrons. The summed E-state index contributed by atoms with van der Waals surface area (Å²) in [6.07, 6.45) is 1.77. The second-order valence-corrected chi connectivity index (χ2v) is 7.31. The van der Waals surface area contributed by atoms with Crippen molar-refractivity contribution in [1.82, 2.24) is 4.40 Å². The van der Waals surface area contributed by atoms with Crippen molar-refractivity contribution < 1.29 is 14.4 Å². The number of hydrogen-bond acceptors (Lipinski definition) is 3. The number of Topliss-reactive ketones (excluding diaryl/α,β-unsaturated/α-hetero) is 1. The fourth-order valence-corrected chi connectivity index (χ4v) is 3.48. The van der Waals surface area contributed by atoms with E-state index in [0.717, 1.165) is 16.6 Å². The summed E-state index contributed by atoms with van der Waals surface area (Å²) in [6.45, 7) is 3.40. The van der Waals surface area contributed by atoms with Crippen molar-refractivity contribution in [2.75, 3.05) is 10.6 Å². The minimum atomic E-state index is -0.753. The van der Waals surface area contributed by atoms with Gasteiger partial charge in [0, 0.05) is 35.6 Å². The first-order chi connectivity index (χ1) is 14.9. The maximum Gasteiger partial charge on any atom is 0.298 e. The van der Waals surface area contributed by atoms with E-state index in [1.54, 1.807) is 34.9 Å². The van der Waals surface area contributed by atoms with Crippen molar-refractivity contribution in [2.45, 2.75) is 13.8 Å². The van der Waals surface area contributed by atoms with Crippen LogP contribution >= 0.6 is 0 Å². The molecule has 2 amide bonds. The summed E-state index contributed by atoms with van der Waals surface area (Å²) < 4.78 is 1.73. The van der Waals surface area contributed by atoms with Gasteiger partial charge in [0.2, 0.25) is 5.91 Å². The van der Waals surface area contributed by atoms with E-state index in [2.05, 4.69) is 10.6 Å². The van der Waals surface area contributed by atoms with Gasteiger partial charge in [-0.25, -0.2) is 0 Å². The van der Waals surface area contributed by atoms with Crippen molar-refractivity contribution in [3.63, 3.8) is 0 Å². The number of fused-ring (bicyclic) bond motifs is 1. The van der Waals surface area contributed by atoms with Gasteiger partial charge in [0.15, 0.2) is 0 Å². The van der Waals surface area contributed by atoms with Crippen molar-refractivity contribution in [2.24, 2.45) is 0 Å². The maximum atomic E-state index is 13.2. The van der Waals surface area contributed by atoms with E-state index in [-0.39, 0.29) is 5.91 Å². The standard InChI is InChI=1S/C25H21N3O3/c1-16-9-11-18(12-10-16)22-15-21-8-3-4-13-28(21)23(22)24(30)25(31)27-20-7-5-6-19(14-20)26-17(2)29/h3-15H,1-2H3,(H,26,29)(H,27,31). The zero-order chi connectivity index (χ0) is 22.0. The number of rotatable bonds is 5. The molecule has 4 rings (SSSR count). The van der Waals surface area contributed by atoms with Crippen LogP contribution in [0.2, 0.25) is 0 Å². The van der Waals surface area contributed by atoms with Gasteiger partial charge >= 0.3 is 0 Å². The molecule has 0 bridgehead atoms. The molecule has 0 fully saturated rings. The second-order valence-electron chi connectivity index (χ2n) is 7.31. The first kappa shape index (κ1) is 20.1. The average molecular weight is 411 g/mol. The molecule has 0 aliphatic carbocycles. The summed E-state index contributed by atoms with van der Waals surface area (Å²) in [6, 6.07) is 22.0. The Bertz CT molecular complexity index is 1300. The van der Waals surface area contributed by atoms with Crippen LogP contribution in [0.4, 0.5) is 11.4 Å². The lowest BCUT2D eigenvalue weighted by molar-refractivity contribution is -0.114. The van der Waals surface area contributed by atoms with Crippen LogP contribution in [0.25, 0.3) is 16.6 Å². The number of nitrogens with zero attached hydrogens (tertiary/aromatic N) is 1. The van der Waals surface area contributed by atoms with Crippen molar-refractivity contribution >= 4 is 34.5 Å². The summed E-state index contributed by atoms with van der Waals surface area (Å²) in [7, 11) is 0. The number of nitrogens with one attached hydrogen (secondary N) is 2. The fraction of sp³-hybridized carbons (Fsp3) is 0.0800. The normalized spacial score (nSPS) is 10.6. The average Bonchev–Trinajstić information content (AvgIpc) is 3.13. The Balaban J connectivity index is 1.70. The molecule has 2 N–H and O–H groups in total. The zero-order valence-corrected chi connectivity index (χ0v) is 17.2. The molecule has 4 aromatic rings. The molecule has 2 aromatic heterocycles. The molecular weight excluding hydrogens is 390 g/mol. The fourth-order valence-electron chi connectivity index (χ4n) is 3.48. The molecular formula is C25H21N3O3. The first-order valence-electron chi connectivity index (χ1n) is 9.83. The minimum Gasteiger partial charge on any atom is -0.326 e. The van der Waals surface area contributed by atoms with Gasteiger partial charge in [-0.1, -0.05) is 42.0 Å². The Labute approximate surface area is 179 Å². The SMILES string of the molecule is CC(=O)Nc1cccc(NC(=O)C(=O)c2c(-c3ccc(C)cc3)cc3ccccn23)c1. The summed E-state index contributed by atoms with van der Waals surface area (Å²) in [5.74, 6) is -1.62. The Morgan fingerprint density at radius 1 is 0.806 bits per heavy atom. The topological polar surface area (TPSA) is 79.7 Å². The highest BCUT2D eigenvalue weighted by molar-refractivity contribution is 6.47. The molecule has 0 unspecified atom stereocenters. The van der Waals surface area contributed by atoms with Crippen LogP contribution in [0.5, 0.6) is 0 Å². The van der Waals surface area contributed by atoms with Crippen LogP contribution in [0.1, 0.15) is 23.0 Å². The number of amides is 2. The van der Waals surface area contributed by atoms with E-state index in [1.165, 1.54) is 6.92 Å². The second kappa shape index (κ2) is 8.28. The summed E-state index contributed by atoms with van der Waals surface area (Å²) >= 11 is 0. The number of aromatic nitrogens is 1. The van der Waals surface area contributed by atoms with Gasteiger partial charge in [-0.2, -0.15) is 0 Å². The Morgan fingerprint density at radius 3 is 2.23 bits per heavy atom. The van der Waals surface area contributed by atoms with Gasteiger partial charge in [-0.3, -0.25) is 14.4 Å². The predicted octanol–water partition coefficient (Wildman–Crippen LogP) is 4.69. The molecule has 0 aliphatic rings. The van der Waals surface area contributed by atoms with Crippen molar-refractivity contribution in [3.8, 4) is 11.1 Å². The number of anilines is 2. The highest BCUT2D eigenvalue weighted by atomic mass is 16.2. The van der Waals surface area contributed by atoms with Crippen LogP contribution in [0.15, 0.2) is 79.0 Å². The smallest absolute Gasteiger partial charge is 0.298 e. The third kappa shape index (κ3) is 4.23. The van der Waals surface area contributed by atoms with Gasteiger partial charge < -0.3 is 15.0 Å². The van der Waals surface area contributed by atoms with Gasteiger partial charge in [0.1, 0.15) is 5.69 Å². The summed E-state index contributed by atoms with van der Waals surface area (Å²) in [4.78, 5) is 37.4. The number of carbonyl (C=O) groups excluding carboxylic acids is 3. The van der Waals surface area contributed by atoms with Gasteiger partial charge in [0.05, 0.1) is 0 Å². The zero-order valence-electron chi connectivity index (χ0n) is 17.2. The Kier molecular flexibility index (Phi) is 5.37. The maximum absolute atomic E-state index is 13.2. The van der Waals surface area contributed by atoms with Gasteiger partial charge in [0.25, 0.3) is 11.7 Å². The van der Waals surface area contributed by atoms with E-state index >= 15 is 0 Å². The monoisotopic (exact) mass is 411 g/mol. The van der Waals surface area contributed by atoms with Crippen LogP contribution in [0, 0.1) is 6.92 Å². The van der Waals surface area contributed by atoms with Crippen LogP contribution in [-0.2, 0) is 9.59 Å². The molecule has 0 saturated carbocycles. The van der Waals surface area contributed by atoms with Crippen molar-refractivity contribution in [3.05, 3.63) is 90.3 Å². The predicted molar refractivity (Wildman–Crippen MR) is 121 cm³/mol. The third-order valence-electron chi connectivity index (χ3n) is 4.90. The molecule has 0 spiro atoms. The number of hydrogen-bond donors (Lipinski definition) is 2. The first-order valence-corrected chi connectivity index (χ1v) is 9.83. The molecule has 31 heavy (non-hydrogen) atoms. The molecule has 154 valence electrons. The molecule has 0 atom stereocenters. The van der Waals surface area contributed by atoms with Crippen LogP contribution in [0.3, 0.4) is 0 Å². The van der Waals surface area contributed by atoms with E-state index in [0.29, 0.717) is 22.6 Å². The number of pyridine rings is 1. The lowest BCUT2D eigenvalue weighted by Gasteiger charge is -2.09. The highest BCUT2D eigenvalue weighted by Crippen LogP contribution is 2.29. The lowest BCUT2D eigenvalue weighted by atomic mass is 10.0. The van der Waals surface area contributed by atoms with E-state index in [1.807, 2.05) is 55.5 Å². The third-order valence-corrected chi connectivity index (χ3v) is 4.90. The lowest BCUT2D eigenvalue weighted by Crippen LogP contribution is -2.24. The summed E-state index contributed by atoms with van der Waals surface area (Å²) in [5.41, 5.74) is 4.74. The molecule has 0 aliphatic heterocycles. The highest BCUT2D eigenvalue weighted by Gasteiger charge is 2.25. The Morgan fingerprint density at radius 2 is 1.52 bits per heavy atom. The quantitative estimate of drug-likeness (QED) is 0.369. The van der Waals surface area contributed by atoms with E-state index in [4.69, 9.17) is 0 Å². The van der Waals surface area contributed by atoms with Gasteiger partial charge in [-0.05, 0) is 48.9 Å². The summed E-state index contributed by atoms with van der Waals surface area (Å²) in [5, 5.41) is 5.30.